The lowest BCUT2D eigenvalue weighted by molar-refractivity contribution is -0.701. The molecule has 7 N–H and O–H groups in total. The minimum Gasteiger partial charge on any atom is -0.494 e. The summed E-state index contributed by atoms with van der Waals surface area (Å²) in [6.07, 6.45) is 3.83. The molecule has 0 fully saturated rings. The quantitative estimate of drug-likeness (QED) is 0.0138. The third-order valence-corrected chi connectivity index (χ3v) is 11.6. The van der Waals surface area contributed by atoms with Gasteiger partial charge in [0.25, 0.3) is 20.2 Å². The van der Waals surface area contributed by atoms with Gasteiger partial charge in [0.1, 0.15) is 44.9 Å². The van der Waals surface area contributed by atoms with Crippen molar-refractivity contribution in [1.29, 1.82) is 0 Å². The second kappa shape index (κ2) is 18.1. The molecule has 0 spiro atoms. The van der Waals surface area contributed by atoms with Crippen molar-refractivity contribution >= 4 is 86.6 Å². The number of hydrogen-bond donors (Lipinski definition) is 5. The van der Waals surface area contributed by atoms with Crippen molar-refractivity contribution in [1.82, 2.24) is 0 Å². The Balaban J connectivity index is 1.61. The van der Waals surface area contributed by atoms with Gasteiger partial charge in [0.2, 0.25) is 0 Å². The van der Waals surface area contributed by atoms with E-state index in [1.165, 1.54) is 19.2 Å². The summed E-state index contributed by atoms with van der Waals surface area (Å²) in [6.45, 7) is 1.71. The maximum absolute atomic E-state index is 12.6. The standard InChI is InChI=1S/C29H31N7O15S5/c1-18-4-3-9-36(17-18)10-11-49-51-52-19-5-7-21(24(14-19)48-2)32-34-23-16-26(55(42,43)44)28(31)29(27(23)30)35-33-22-8-6-20(15-25(22)54(39,40)41)53(37,38)13-12-50-56(45,46)47/h3-9,14-17H,10-13,30-31H2,1-2H3,(H2-,39,40,41,42,43,44,45,46,47)/p+1. The van der Waals surface area contributed by atoms with Crippen molar-refractivity contribution in [3.63, 3.8) is 0 Å². The van der Waals surface area contributed by atoms with Gasteiger partial charge in [-0.25, -0.2) is 22.1 Å². The SMILES string of the molecule is COc1cc(SOOCC[n+]2cccc(C)c2)ccc1N=Nc1cc(S(=O)(=O)O)c(N)c(N=Nc2ccc(S(=O)(=O)CCOS(=O)(=O)O)cc2S(=O)(=O)O)c1N. The van der Waals surface area contributed by atoms with E-state index in [2.05, 4.69) is 24.6 Å². The van der Waals surface area contributed by atoms with Crippen LogP contribution in [0.3, 0.4) is 0 Å². The Kier molecular flexibility index (Phi) is 14.2. The maximum atomic E-state index is 12.6. The van der Waals surface area contributed by atoms with Crippen molar-refractivity contribution in [3.05, 3.63) is 72.6 Å². The summed E-state index contributed by atoms with van der Waals surface area (Å²) >= 11 is 0.882. The third-order valence-electron chi connectivity index (χ3n) is 7.04. The highest BCUT2D eigenvalue weighted by molar-refractivity contribution is 7.94. The summed E-state index contributed by atoms with van der Waals surface area (Å²) in [7, 11) is -18.4. The number of azo groups is 2. The van der Waals surface area contributed by atoms with E-state index < -0.39 is 96.0 Å². The molecule has 3 aromatic carbocycles. The van der Waals surface area contributed by atoms with Crippen LogP contribution in [0.4, 0.5) is 34.1 Å². The van der Waals surface area contributed by atoms with Gasteiger partial charge in [-0.15, -0.1) is 20.5 Å². The highest BCUT2D eigenvalue weighted by atomic mass is 32.3. The van der Waals surface area contributed by atoms with E-state index >= 15 is 0 Å². The number of ether oxygens (including phenoxy) is 1. The van der Waals surface area contributed by atoms with Crippen LogP contribution in [0, 0.1) is 6.92 Å². The number of nitrogen functional groups attached to an aromatic ring is 2. The van der Waals surface area contributed by atoms with Gasteiger partial charge in [0.05, 0.1) is 47.8 Å². The predicted octanol–water partition coefficient (Wildman–Crippen LogP) is 4.03. The van der Waals surface area contributed by atoms with Crippen LogP contribution in [-0.4, -0.2) is 73.4 Å². The minimum absolute atomic E-state index is 0.110. The van der Waals surface area contributed by atoms with Gasteiger partial charge < -0.3 is 16.2 Å². The molecule has 0 bridgehead atoms. The summed E-state index contributed by atoms with van der Waals surface area (Å²) < 4.78 is 140. The topological polar surface area (TPSA) is 340 Å². The van der Waals surface area contributed by atoms with E-state index in [-0.39, 0.29) is 18.0 Å². The Morgan fingerprint density at radius 3 is 2.07 bits per heavy atom. The smallest absolute Gasteiger partial charge is 0.397 e. The fourth-order valence-corrected chi connectivity index (χ4v) is 7.79. The van der Waals surface area contributed by atoms with Gasteiger partial charge in [-0.1, -0.05) is 0 Å². The Morgan fingerprint density at radius 1 is 0.768 bits per heavy atom. The van der Waals surface area contributed by atoms with Crippen LogP contribution in [0.25, 0.3) is 0 Å². The van der Waals surface area contributed by atoms with Gasteiger partial charge in [-0.2, -0.15) is 29.6 Å². The third kappa shape index (κ3) is 12.2. The highest BCUT2D eigenvalue weighted by Gasteiger charge is 2.25. The molecular formula is C29H32N7O15S5+. The van der Waals surface area contributed by atoms with Crippen molar-refractivity contribution < 1.29 is 70.0 Å². The molecule has 0 saturated carbocycles. The summed E-state index contributed by atoms with van der Waals surface area (Å²) in [5.74, 6) is -0.867. The monoisotopic (exact) mass is 878 g/mol. The number of nitrogens with two attached hydrogens (primary N) is 2. The molecule has 0 amide bonds. The highest BCUT2D eigenvalue weighted by Crippen LogP contribution is 2.44. The lowest BCUT2D eigenvalue weighted by Crippen LogP contribution is -2.35. The van der Waals surface area contributed by atoms with Crippen molar-refractivity contribution in [3.8, 4) is 5.75 Å². The minimum atomic E-state index is -5.24. The number of aromatic nitrogens is 1. The normalized spacial score (nSPS) is 12.8. The van der Waals surface area contributed by atoms with E-state index in [0.717, 1.165) is 35.8 Å². The Hall–Kier alpha value is -4.68. The largest absolute Gasteiger partial charge is 0.494 e. The van der Waals surface area contributed by atoms with Crippen LogP contribution in [0.2, 0.25) is 0 Å². The van der Waals surface area contributed by atoms with Gasteiger partial charge in [-0.3, -0.25) is 13.7 Å². The number of pyridine rings is 1. The zero-order valence-corrected chi connectivity index (χ0v) is 32.9. The van der Waals surface area contributed by atoms with Crippen LogP contribution >= 0.6 is 12.0 Å². The average Bonchev–Trinajstić information content (AvgIpc) is 3.09. The molecule has 1 aromatic heterocycles. The van der Waals surface area contributed by atoms with Gasteiger partial charge in [0, 0.05) is 16.5 Å². The fourth-order valence-electron chi connectivity index (χ4n) is 4.45. The number of anilines is 2. The molecule has 27 heteroatoms. The maximum Gasteiger partial charge on any atom is 0.397 e. The predicted molar refractivity (Wildman–Crippen MR) is 197 cm³/mol. The molecule has 0 unspecified atom stereocenters. The molecular weight excluding hydrogens is 847 g/mol. The molecule has 0 aliphatic heterocycles. The molecule has 302 valence electrons. The molecule has 0 aliphatic carbocycles. The first kappa shape index (κ1) is 44.0. The Bertz CT molecular complexity index is 2620. The van der Waals surface area contributed by atoms with E-state index in [9.17, 15) is 42.8 Å². The van der Waals surface area contributed by atoms with Crippen LogP contribution in [0.15, 0.2) is 107 Å². The lowest BCUT2D eigenvalue weighted by atomic mass is 10.2. The van der Waals surface area contributed by atoms with Crippen LogP contribution in [0.5, 0.6) is 5.75 Å². The van der Waals surface area contributed by atoms with Crippen LogP contribution < -0.4 is 20.8 Å². The number of aryl methyl sites for hydroxylation is 1. The molecule has 56 heavy (non-hydrogen) atoms. The average molecular weight is 879 g/mol. The molecule has 1 heterocycles. The summed E-state index contributed by atoms with van der Waals surface area (Å²) in [4.78, 5) is 2.96. The van der Waals surface area contributed by atoms with Crippen molar-refractivity contribution in [2.24, 2.45) is 20.5 Å². The number of hydrogen-bond acceptors (Lipinski definition) is 19. The number of nitrogens with zero attached hydrogens (tertiary/aromatic N) is 5. The zero-order valence-electron chi connectivity index (χ0n) is 28.9. The van der Waals surface area contributed by atoms with E-state index in [0.29, 0.717) is 17.5 Å². The fraction of sp³-hybridized carbons (Fsp3) is 0.207. The van der Waals surface area contributed by atoms with Gasteiger partial charge in [-0.05, 0) is 55.5 Å². The second-order valence-corrected chi connectivity index (χ2v) is 17.8. The van der Waals surface area contributed by atoms with E-state index in [4.69, 9.17) is 30.0 Å². The zero-order chi connectivity index (χ0) is 41.5. The van der Waals surface area contributed by atoms with Crippen molar-refractivity contribution in [2.75, 3.05) is 37.5 Å². The number of methoxy groups -OCH3 is 1. The molecule has 0 atom stereocenters. The Morgan fingerprint density at radius 2 is 1.43 bits per heavy atom. The number of sulfone groups is 1. The summed E-state index contributed by atoms with van der Waals surface area (Å²) in [5.41, 5.74) is 10.3. The molecule has 0 radical (unpaired) electrons. The van der Waals surface area contributed by atoms with Crippen molar-refractivity contribution in [2.45, 2.75) is 33.1 Å². The van der Waals surface area contributed by atoms with Gasteiger partial charge >= 0.3 is 10.4 Å². The molecule has 0 aliphatic rings. The lowest BCUT2D eigenvalue weighted by Gasteiger charge is -2.11. The second-order valence-electron chi connectivity index (χ2n) is 11.0. The number of benzene rings is 3. The Labute approximate surface area is 324 Å². The number of rotatable bonds is 18. The molecule has 22 nitrogen and oxygen atoms in total. The summed E-state index contributed by atoms with van der Waals surface area (Å²) in [6, 6.07) is 11.3. The first-order valence-corrected chi connectivity index (χ1v) is 21.8. The molecule has 0 saturated heterocycles. The van der Waals surface area contributed by atoms with E-state index in [1.807, 2.05) is 36.0 Å². The van der Waals surface area contributed by atoms with E-state index in [1.54, 1.807) is 6.07 Å². The first-order chi connectivity index (χ1) is 26.1. The van der Waals surface area contributed by atoms with Crippen LogP contribution in [-0.2, 0) is 60.4 Å². The molecule has 4 aromatic rings. The molecule has 4 rings (SSSR count). The van der Waals surface area contributed by atoms with Crippen LogP contribution in [0.1, 0.15) is 5.56 Å². The van der Waals surface area contributed by atoms with Gasteiger partial charge in [0.15, 0.2) is 28.8 Å². The first-order valence-electron chi connectivity index (χ1n) is 15.2. The summed E-state index contributed by atoms with van der Waals surface area (Å²) in [5, 5.41) is 15.4.